The third-order valence-corrected chi connectivity index (χ3v) is 2.83. The van der Waals surface area contributed by atoms with E-state index in [1.165, 1.54) is 0 Å². The molecule has 1 N–H and O–H groups in total. The van der Waals surface area contributed by atoms with Crippen molar-refractivity contribution in [3.63, 3.8) is 0 Å². The van der Waals surface area contributed by atoms with Gasteiger partial charge in [-0.25, -0.2) is 4.98 Å². The van der Waals surface area contributed by atoms with Crippen LogP contribution in [0, 0.1) is 0 Å². The molecular weight excluding hydrogens is 268 g/mol. The SMILES string of the molecule is CC.COCCc1ncc(-c2cc(OC)cc(OC)c2)[nH]1. The lowest BCUT2D eigenvalue weighted by Crippen LogP contribution is -1.96. The summed E-state index contributed by atoms with van der Waals surface area (Å²) in [6, 6.07) is 5.72. The number of ether oxygens (including phenoxy) is 3. The van der Waals surface area contributed by atoms with Crippen LogP contribution >= 0.6 is 0 Å². The van der Waals surface area contributed by atoms with Gasteiger partial charge in [0.1, 0.15) is 17.3 Å². The number of nitrogens with one attached hydrogen (secondary N) is 1. The van der Waals surface area contributed by atoms with Gasteiger partial charge in [-0.15, -0.1) is 0 Å². The summed E-state index contributed by atoms with van der Waals surface area (Å²) in [5.41, 5.74) is 1.91. The second-order valence-electron chi connectivity index (χ2n) is 4.09. The number of aromatic nitrogens is 2. The zero-order valence-electron chi connectivity index (χ0n) is 13.4. The highest BCUT2D eigenvalue weighted by Gasteiger charge is 2.07. The largest absolute Gasteiger partial charge is 0.497 e. The molecule has 0 unspecified atom stereocenters. The van der Waals surface area contributed by atoms with Crippen molar-refractivity contribution in [1.82, 2.24) is 9.97 Å². The van der Waals surface area contributed by atoms with Crippen molar-refractivity contribution in [2.24, 2.45) is 0 Å². The minimum Gasteiger partial charge on any atom is -0.497 e. The van der Waals surface area contributed by atoms with E-state index in [4.69, 9.17) is 14.2 Å². The summed E-state index contributed by atoms with van der Waals surface area (Å²) in [4.78, 5) is 7.59. The van der Waals surface area contributed by atoms with Crippen LogP contribution in [0.4, 0.5) is 0 Å². The zero-order chi connectivity index (χ0) is 15.7. The topological polar surface area (TPSA) is 56.4 Å². The Bertz CT molecular complexity index is 516. The second kappa shape index (κ2) is 9.02. The lowest BCUT2D eigenvalue weighted by atomic mass is 10.1. The Morgan fingerprint density at radius 2 is 1.62 bits per heavy atom. The predicted molar refractivity (Wildman–Crippen MR) is 84.1 cm³/mol. The molecule has 0 atom stereocenters. The van der Waals surface area contributed by atoms with E-state index in [9.17, 15) is 0 Å². The molecule has 5 nitrogen and oxygen atoms in total. The van der Waals surface area contributed by atoms with Gasteiger partial charge in [-0.05, 0) is 12.1 Å². The molecule has 0 spiro atoms. The molecule has 0 bridgehead atoms. The van der Waals surface area contributed by atoms with Crippen LogP contribution in [0.25, 0.3) is 11.3 Å². The van der Waals surface area contributed by atoms with Crippen LogP contribution in [0.15, 0.2) is 24.4 Å². The van der Waals surface area contributed by atoms with Crippen molar-refractivity contribution < 1.29 is 14.2 Å². The molecular formula is C16H24N2O3. The van der Waals surface area contributed by atoms with E-state index in [-0.39, 0.29) is 0 Å². The van der Waals surface area contributed by atoms with Crippen LogP contribution in [0.1, 0.15) is 19.7 Å². The first-order valence-electron chi connectivity index (χ1n) is 7.03. The molecule has 0 aliphatic heterocycles. The Morgan fingerprint density at radius 1 is 1.00 bits per heavy atom. The summed E-state index contributed by atoms with van der Waals surface area (Å²) in [7, 11) is 4.95. The first-order valence-corrected chi connectivity index (χ1v) is 7.03. The van der Waals surface area contributed by atoms with Crippen molar-refractivity contribution in [2.75, 3.05) is 27.9 Å². The molecule has 2 rings (SSSR count). The number of aromatic amines is 1. The molecule has 0 amide bonds. The van der Waals surface area contributed by atoms with Gasteiger partial charge in [-0.2, -0.15) is 0 Å². The van der Waals surface area contributed by atoms with Gasteiger partial charge in [0.05, 0.1) is 32.7 Å². The number of benzene rings is 1. The van der Waals surface area contributed by atoms with E-state index in [1.807, 2.05) is 32.0 Å². The lowest BCUT2D eigenvalue weighted by molar-refractivity contribution is 0.200. The Kier molecular flexibility index (Phi) is 7.32. The number of hydrogen-bond acceptors (Lipinski definition) is 4. The molecule has 0 aliphatic rings. The third-order valence-electron chi connectivity index (χ3n) is 2.83. The zero-order valence-corrected chi connectivity index (χ0v) is 13.4. The lowest BCUT2D eigenvalue weighted by Gasteiger charge is -2.07. The molecule has 0 aliphatic carbocycles. The molecule has 21 heavy (non-hydrogen) atoms. The maximum absolute atomic E-state index is 5.26. The normalized spacial score (nSPS) is 9.76. The van der Waals surface area contributed by atoms with Gasteiger partial charge in [0.2, 0.25) is 0 Å². The van der Waals surface area contributed by atoms with Crippen molar-refractivity contribution in [3.8, 4) is 22.8 Å². The molecule has 1 heterocycles. The summed E-state index contributed by atoms with van der Waals surface area (Å²) in [6.45, 7) is 4.65. The van der Waals surface area contributed by atoms with Crippen LogP contribution in [-0.4, -0.2) is 37.9 Å². The van der Waals surface area contributed by atoms with Crippen molar-refractivity contribution in [1.29, 1.82) is 0 Å². The van der Waals surface area contributed by atoms with Gasteiger partial charge >= 0.3 is 0 Å². The van der Waals surface area contributed by atoms with Gasteiger partial charge in [-0.1, -0.05) is 13.8 Å². The number of rotatable bonds is 6. The second-order valence-corrected chi connectivity index (χ2v) is 4.09. The van der Waals surface area contributed by atoms with E-state index in [0.717, 1.165) is 35.0 Å². The highest BCUT2D eigenvalue weighted by molar-refractivity contribution is 5.63. The number of H-pyrrole nitrogens is 1. The molecule has 1 aromatic heterocycles. The molecule has 2 aromatic rings. The average molecular weight is 292 g/mol. The standard InChI is InChI=1S/C14H18N2O3.C2H6/c1-17-5-4-14-15-9-13(16-14)10-6-11(18-2)8-12(7-10)19-3;1-2/h6-9H,4-5H2,1-3H3,(H,15,16);1-2H3. The Balaban J connectivity index is 0.00000106. The Morgan fingerprint density at radius 3 is 2.14 bits per heavy atom. The Labute approximate surface area is 126 Å². The molecule has 0 saturated heterocycles. The summed E-state index contributed by atoms with van der Waals surface area (Å²) in [6.07, 6.45) is 2.57. The quantitative estimate of drug-likeness (QED) is 0.887. The van der Waals surface area contributed by atoms with E-state index in [0.29, 0.717) is 6.61 Å². The molecule has 5 heteroatoms. The van der Waals surface area contributed by atoms with Gasteiger partial charge in [0, 0.05) is 25.2 Å². The monoisotopic (exact) mass is 292 g/mol. The Hall–Kier alpha value is -2.01. The van der Waals surface area contributed by atoms with E-state index in [1.54, 1.807) is 27.5 Å². The van der Waals surface area contributed by atoms with Crippen molar-refractivity contribution in [2.45, 2.75) is 20.3 Å². The summed E-state index contributed by atoms with van der Waals surface area (Å²) >= 11 is 0. The van der Waals surface area contributed by atoms with Crippen LogP contribution in [0.3, 0.4) is 0 Å². The van der Waals surface area contributed by atoms with E-state index < -0.39 is 0 Å². The highest BCUT2D eigenvalue weighted by atomic mass is 16.5. The minimum atomic E-state index is 0.647. The maximum atomic E-state index is 5.26. The molecule has 1 aromatic carbocycles. The number of imidazole rings is 1. The number of hydrogen-bond donors (Lipinski definition) is 1. The van der Waals surface area contributed by atoms with Crippen molar-refractivity contribution >= 4 is 0 Å². The van der Waals surface area contributed by atoms with Crippen molar-refractivity contribution in [3.05, 3.63) is 30.2 Å². The van der Waals surface area contributed by atoms with Gasteiger partial charge in [-0.3, -0.25) is 0 Å². The maximum Gasteiger partial charge on any atom is 0.123 e. The summed E-state index contributed by atoms with van der Waals surface area (Å²) in [5.74, 6) is 2.41. The number of methoxy groups -OCH3 is 3. The third kappa shape index (κ3) is 4.79. The van der Waals surface area contributed by atoms with Gasteiger partial charge in [0.25, 0.3) is 0 Å². The number of nitrogens with zero attached hydrogens (tertiary/aromatic N) is 1. The molecule has 116 valence electrons. The van der Waals surface area contributed by atoms with E-state index in [2.05, 4.69) is 9.97 Å². The molecule has 0 saturated carbocycles. The fourth-order valence-corrected chi connectivity index (χ4v) is 1.80. The fraction of sp³-hybridized carbons (Fsp3) is 0.438. The summed E-state index contributed by atoms with van der Waals surface area (Å²) < 4.78 is 15.5. The van der Waals surface area contributed by atoms with Crippen LogP contribution < -0.4 is 9.47 Å². The first-order chi connectivity index (χ1) is 10.3. The predicted octanol–water partition coefficient (Wildman–Crippen LogP) is 3.31. The fourth-order valence-electron chi connectivity index (χ4n) is 1.80. The first kappa shape index (κ1) is 17.0. The molecule has 0 radical (unpaired) electrons. The van der Waals surface area contributed by atoms with Gasteiger partial charge in [0.15, 0.2) is 0 Å². The minimum absolute atomic E-state index is 0.647. The van der Waals surface area contributed by atoms with E-state index >= 15 is 0 Å². The average Bonchev–Trinajstić information content (AvgIpc) is 3.03. The smallest absolute Gasteiger partial charge is 0.123 e. The molecule has 0 fully saturated rings. The van der Waals surface area contributed by atoms with Crippen LogP contribution in [0.2, 0.25) is 0 Å². The van der Waals surface area contributed by atoms with Crippen LogP contribution in [0.5, 0.6) is 11.5 Å². The highest BCUT2D eigenvalue weighted by Crippen LogP contribution is 2.28. The van der Waals surface area contributed by atoms with Crippen LogP contribution in [-0.2, 0) is 11.2 Å². The van der Waals surface area contributed by atoms with Gasteiger partial charge < -0.3 is 19.2 Å². The summed E-state index contributed by atoms with van der Waals surface area (Å²) in [5, 5.41) is 0.